The summed E-state index contributed by atoms with van der Waals surface area (Å²) in [6.07, 6.45) is 3.18. The zero-order valence-corrected chi connectivity index (χ0v) is 16.3. The Morgan fingerprint density at radius 2 is 2.04 bits per heavy atom. The first-order chi connectivity index (χ1) is 11.4. The first-order valence-electron chi connectivity index (χ1n) is 6.61. The summed E-state index contributed by atoms with van der Waals surface area (Å²) in [6, 6.07) is 5.31. The Morgan fingerprint density at radius 1 is 1.25 bits per heavy atom. The quantitative estimate of drug-likeness (QED) is 0.524. The van der Waals surface area contributed by atoms with Crippen LogP contribution >= 0.6 is 57.4 Å². The minimum Gasteiger partial charge on any atom is -0.302 e. The maximum Gasteiger partial charge on any atom is 0.276 e. The summed E-state index contributed by atoms with van der Waals surface area (Å²) in [6.45, 7) is 0.439. The molecule has 10 heteroatoms. The van der Waals surface area contributed by atoms with Crippen molar-refractivity contribution >= 4 is 69.1 Å². The summed E-state index contributed by atoms with van der Waals surface area (Å²) in [5.74, 6) is -0.0919. The van der Waals surface area contributed by atoms with Crippen molar-refractivity contribution in [1.82, 2.24) is 20.0 Å². The average Bonchev–Trinajstić information content (AvgIpc) is 3.09. The third kappa shape index (κ3) is 3.85. The van der Waals surface area contributed by atoms with Gasteiger partial charge in [0.05, 0.1) is 26.4 Å². The van der Waals surface area contributed by atoms with Gasteiger partial charge in [-0.3, -0.25) is 14.6 Å². The van der Waals surface area contributed by atoms with Crippen molar-refractivity contribution in [3.63, 3.8) is 0 Å². The van der Waals surface area contributed by atoms with Crippen molar-refractivity contribution in [2.45, 2.75) is 6.54 Å². The molecule has 24 heavy (non-hydrogen) atoms. The number of carbonyl (C=O) groups excluding carboxylic acids is 1. The highest BCUT2D eigenvalue weighted by Crippen LogP contribution is 2.24. The van der Waals surface area contributed by atoms with Crippen LogP contribution in [0.1, 0.15) is 16.1 Å². The van der Waals surface area contributed by atoms with Gasteiger partial charge in [0.2, 0.25) is 0 Å². The summed E-state index contributed by atoms with van der Waals surface area (Å²) in [5.41, 5.74) is 1.26. The molecule has 124 valence electrons. The molecule has 2 aromatic heterocycles. The smallest absolute Gasteiger partial charge is 0.276 e. The topological polar surface area (TPSA) is 75.6 Å². The lowest BCUT2D eigenvalue weighted by molar-refractivity contribution is 0.102. The van der Waals surface area contributed by atoms with Crippen molar-refractivity contribution in [3.05, 3.63) is 60.5 Å². The van der Waals surface area contributed by atoms with Gasteiger partial charge in [-0.25, -0.2) is 0 Å². The lowest BCUT2D eigenvalue weighted by atomic mass is 10.2. The maximum atomic E-state index is 12.2. The second-order valence-electron chi connectivity index (χ2n) is 4.82. The Kier molecular flexibility index (Phi) is 5.33. The fourth-order valence-electron chi connectivity index (χ4n) is 1.99. The van der Waals surface area contributed by atoms with E-state index in [1.807, 2.05) is 28.7 Å². The number of nitrogens with one attached hydrogen (secondary N) is 2. The number of benzene rings is 1. The van der Waals surface area contributed by atoms with Crippen LogP contribution < -0.4 is 5.32 Å². The number of anilines is 1. The van der Waals surface area contributed by atoms with E-state index in [9.17, 15) is 4.79 Å². The van der Waals surface area contributed by atoms with Gasteiger partial charge in [0, 0.05) is 6.20 Å². The summed E-state index contributed by atoms with van der Waals surface area (Å²) in [4.78, 5) is 12.2. The van der Waals surface area contributed by atoms with Gasteiger partial charge >= 0.3 is 0 Å². The number of nitrogens with zero attached hydrogens (tertiary/aromatic N) is 3. The van der Waals surface area contributed by atoms with E-state index in [4.69, 9.17) is 34.8 Å². The van der Waals surface area contributed by atoms with Crippen LogP contribution in [-0.2, 0) is 6.54 Å². The van der Waals surface area contributed by atoms with E-state index in [-0.39, 0.29) is 11.7 Å². The molecule has 0 saturated heterocycles. The molecule has 0 spiro atoms. The largest absolute Gasteiger partial charge is 0.302 e. The highest BCUT2D eigenvalue weighted by atomic mass is 127. The van der Waals surface area contributed by atoms with E-state index < -0.39 is 0 Å². The van der Waals surface area contributed by atoms with Gasteiger partial charge in [-0.1, -0.05) is 40.9 Å². The van der Waals surface area contributed by atoms with Gasteiger partial charge in [0.1, 0.15) is 10.7 Å². The van der Waals surface area contributed by atoms with Crippen molar-refractivity contribution in [2.75, 3.05) is 5.32 Å². The van der Waals surface area contributed by atoms with E-state index in [0.29, 0.717) is 30.9 Å². The minimum absolute atomic E-state index is 0.270. The van der Waals surface area contributed by atoms with Crippen molar-refractivity contribution in [3.8, 4) is 0 Å². The standard InChI is InChI=1S/C14H9Cl3IN5O/c15-8-2-1-7(3-9(8)16)5-23-6-10(17)13(22-23)20-14(24)12-11(18)4-19-21-12/h1-4,6H,5H2,(H,19,21)(H,20,22,24). The second-order valence-corrected chi connectivity index (χ2v) is 7.20. The van der Waals surface area contributed by atoms with E-state index >= 15 is 0 Å². The van der Waals surface area contributed by atoms with Crippen LogP contribution in [0.3, 0.4) is 0 Å². The summed E-state index contributed by atoms with van der Waals surface area (Å²) < 4.78 is 2.31. The summed E-state index contributed by atoms with van der Waals surface area (Å²) >= 11 is 20.1. The SMILES string of the molecule is O=C(Nc1nn(Cc2ccc(Cl)c(Cl)c2)cc1Cl)c1[nH]ncc1I. The average molecular weight is 497 g/mol. The van der Waals surface area contributed by atoms with Crippen LogP contribution in [0.15, 0.2) is 30.6 Å². The van der Waals surface area contributed by atoms with E-state index in [0.717, 1.165) is 5.56 Å². The van der Waals surface area contributed by atoms with Crippen LogP contribution in [0.2, 0.25) is 15.1 Å². The first kappa shape index (κ1) is 17.5. The normalized spacial score (nSPS) is 10.8. The van der Waals surface area contributed by atoms with Crippen LogP contribution in [-0.4, -0.2) is 25.9 Å². The van der Waals surface area contributed by atoms with Crippen molar-refractivity contribution in [1.29, 1.82) is 0 Å². The molecule has 2 N–H and O–H groups in total. The molecule has 6 nitrogen and oxygen atoms in total. The lowest BCUT2D eigenvalue weighted by Gasteiger charge is -2.04. The molecule has 0 aliphatic rings. The number of aromatic amines is 1. The molecule has 0 radical (unpaired) electrons. The Bertz CT molecular complexity index is 908. The number of amides is 1. The fourth-order valence-corrected chi connectivity index (χ4v) is 3.01. The molecule has 1 aromatic carbocycles. The number of aromatic nitrogens is 4. The lowest BCUT2D eigenvalue weighted by Crippen LogP contribution is -2.14. The van der Waals surface area contributed by atoms with Gasteiger partial charge in [-0.2, -0.15) is 10.2 Å². The molecule has 0 saturated carbocycles. The predicted molar refractivity (Wildman–Crippen MR) is 102 cm³/mol. The van der Waals surface area contributed by atoms with Gasteiger partial charge in [-0.05, 0) is 40.3 Å². The molecule has 3 rings (SSSR count). The molecule has 3 aromatic rings. The van der Waals surface area contributed by atoms with Gasteiger partial charge < -0.3 is 5.32 Å². The van der Waals surface area contributed by atoms with E-state index in [1.165, 1.54) is 0 Å². The van der Waals surface area contributed by atoms with Gasteiger partial charge in [-0.15, -0.1) is 0 Å². The van der Waals surface area contributed by atoms with Crippen LogP contribution in [0.25, 0.3) is 0 Å². The highest BCUT2D eigenvalue weighted by Gasteiger charge is 2.16. The number of rotatable bonds is 4. The highest BCUT2D eigenvalue weighted by molar-refractivity contribution is 14.1. The third-order valence-electron chi connectivity index (χ3n) is 3.10. The fraction of sp³-hybridized carbons (Fsp3) is 0.0714. The molecule has 0 unspecified atom stereocenters. The molecule has 2 heterocycles. The Labute approximate surface area is 165 Å². The molecule has 0 aliphatic heterocycles. The van der Waals surface area contributed by atoms with Gasteiger partial charge in [0.15, 0.2) is 5.82 Å². The monoisotopic (exact) mass is 495 g/mol. The Balaban J connectivity index is 1.76. The molecule has 0 bridgehead atoms. The third-order valence-corrected chi connectivity index (χ3v) is 4.93. The zero-order chi connectivity index (χ0) is 17.3. The van der Waals surface area contributed by atoms with E-state index in [1.54, 1.807) is 29.2 Å². The number of H-pyrrole nitrogens is 1. The van der Waals surface area contributed by atoms with Crippen molar-refractivity contribution in [2.24, 2.45) is 0 Å². The molecule has 0 aliphatic carbocycles. The molecule has 0 atom stereocenters. The summed E-state index contributed by atoms with van der Waals surface area (Å²) in [5, 5.41) is 14.7. The predicted octanol–water partition coefficient (Wildman–Crippen LogP) is 4.47. The molecule has 1 amide bonds. The molecule has 0 fully saturated rings. The Morgan fingerprint density at radius 3 is 2.71 bits per heavy atom. The second kappa shape index (κ2) is 7.30. The number of hydrogen-bond donors (Lipinski definition) is 2. The number of halogens is 4. The summed E-state index contributed by atoms with van der Waals surface area (Å²) in [7, 11) is 0. The number of hydrogen-bond acceptors (Lipinski definition) is 3. The number of carbonyl (C=O) groups is 1. The molecular formula is C14H9Cl3IN5O. The van der Waals surface area contributed by atoms with Gasteiger partial charge in [0.25, 0.3) is 5.91 Å². The minimum atomic E-state index is -0.362. The van der Waals surface area contributed by atoms with Crippen molar-refractivity contribution < 1.29 is 4.79 Å². The first-order valence-corrected chi connectivity index (χ1v) is 8.82. The Hall–Kier alpha value is -1.29. The van der Waals surface area contributed by atoms with E-state index in [2.05, 4.69) is 20.6 Å². The van der Waals surface area contributed by atoms with Crippen LogP contribution in [0.4, 0.5) is 5.82 Å². The molecular weight excluding hydrogens is 487 g/mol. The maximum absolute atomic E-state index is 12.2. The zero-order valence-electron chi connectivity index (χ0n) is 11.9. The van der Waals surface area contributed by atoms with Crippen LogP contribution in [0, 0.1) is 3.57 Å². The van der Waals surface area contributed by atoms with Crippen LogP contribution in [0.5, 0.6) is 0 Å².